The first kappa shape index (κ1) is 13.8. The summed E-state index contributed by atoms with van der Waals surface area (Å²) in [5, 5.41) is 3.37. The van der Waals surface area contributed by atoms with Crippen molar-refractivity contribution in [2.45, 2.75) is 50.1 Å². The Kier molecular flexibility index (Phi) is 4.39. The molecule has 0 amide bonds. The molecule has 3 rings (SSSR count). The minimum Gasteiger partial charge on any atom is -0.378 e. The minimum atomic E-state index is -0.0676. The van der Waals surface area contributed by atoms with Gasteiger partial charge in [0.05, 0.1) is 37.1 Å². The van der Waals surface area contributed by atoms with Crippen molar-refractivity contribution in [3.05, 3.63) is 0 Å². The summed E-state index contributed by atoms with van der Waals surface area (Å²) in [6, 6.07) is 0. The van der Waals surface area contributed by atoms with Gasteiger partial charge in [0.25, 0.3) is 0 Å². The monoisotopic (exact) mass is 271 g/mol. The molecule has 0 aromatic heterocycles. The second kappa shape index (κ2) is 6.06. The third kappa shape index (κ3) is 3.47. The van der Waals surface area contributed by atoms with Crippen LogP contribution in [-0.4, -0.2) is 63.4 Å². The van der Waals surface area contributed by atoms with Crippen LogP contribution in [-0.2, 0) is 18.9 Å². The molecule has 0 aromatic rings. The zero-order valence-electron chi connectivity index (χ0n) is 11.7. The number of hydrogen-bond donors (Lipinski definition) is 1. The number of hydrogen-bond acceptors (Lipinski definition) is 5. The minimum absolute atomic E-state index is 0.0676. The van der Waals surface area contributed by atoms with Crippen molar-refractivity contribution in [2.75, 3.05) is 39.5 Å². The first-order chi connectivity index (χ1) is 9.26. The van der Waals surface area contributed by atoms with Crippen LogP contribution in [0.4, 0.5) is 0 Å². The Morgan fingerprint density at radius 3 is 3.05 bits per heavy atom. The topological polar surface area (TPSA) is 49.0 Å². The van der Waals surface area contributed by atoms with E-state index in [1.165, 1.54) is 0 Å². The zero-order valence-corrected chi connectivity index (χ0v) is 11.7. The second-order valence-corrected chi connectivity index (χ2v) is 6.01. The first-order valence-corrected chi connectivity index (χ1v) is 7.45. The third-order valence-corrected chi connectivity index (χ3v) is 4.26. The van der Waals surface area contributed by atoms with Crippen LogP contribution in [0.5, 0.6) is 0 Å². The fourth-order valence-electron chi connectivity index (χ4n) is 3.20. The van der Waals surface area contributed by atoms with Gasteiger partial charge in [0.15, 0.2) is 0 Å². The van der Waals surface area contributed by atoms with Gasteiger partial charge in [0, 0.05) is 39.1 Å². The molecule has 5 nitrogen and oxygen atoms in total. The predicted molar refractivity (Wildman–Crippen MR) is 70.3 cm³/mol. The van der Waals surface area contributed by atoms with Gasteiger partial charge in [-0.3, -0.25) is 0 Å². The quantitative estimate of drug-likeness (QED) is 0.819. The molecule has 1 N–H and O–H groups in total. The molecule has 3 saturated heterocycles. The van der Waals surface area contributed by atoms with E-state index in [0.29, 0.717) is 6.61 Å². The summed E-state index contributed by atoms with van der Waals surface area (Å²) in [6.07, 6.45) is 3.70. The lowest BCUT2D eigenvalue weighted by Crippen LogP contribution is -2.47. The zero-order chi connectivity index (χ0) is 13.1. The maximum atomic E-state index is 6.06. The Hall–Kier alpha value is -0.200. The molecule has 3 heterocycles. The van der Waals surface area contributed by atoms with Crippen molar-refractivity contribution in [3.8, 4) is 0 Å². The van der Waals surface area contributed by atoms with Crippen molar-refractivity contribution in [1.29, 1.82) is 0 Å². The number of rotatable bonds is 3. The number of morpholine rings is 1. The Morgan fingerprint density at radius 1 is 1.32 bits per heavy atom. The van der Waals surface area contributed by atoms with E-state index in [1.807, 2.05) is 0 Å². The molecular formula is C14H25NO4. The number of ether oxygens (including phenoxy) is 4. The van der Waals surface area contributed by atoms with Gasteiger partial charge in [-0.05, 0) is 13.3 Å². The molecule has 3 fully saturated rings. The van der Waals surface area contributed by atoms with E-state index in [1.54, 1.807) is 0 Å². The average molecular weight is 271 g/mol. The molecule has 0 saturated carbocycles. The van der Waals surface area contributed by atoms with E-state index in [4.69, 9.17) is 18.9 Å². The molecule has 0 aromatic carbocycles. The van der Waals surface area contributed by atoms with Gasteiger partial charge in [0.1, 0.15) is 0 Å². The molecule has 0 bridgehead atoms. The lowest BCUT2D eigenvalue weighted by Gasteiger charge is -2.38. The Labute approximate surface area is 114 Å². The lowest BCUT2D eigenvalue weighted by molar-refractivity contribution is -0.150. The van der Waals surface area contributed by atoms with Gasteiger partial charge in [-0.1, -0.05) is 0 Å². The standard InChI is InChI=1S/C14H25NO4/c1-11-7-15-8-13(19-11)9-17-12-2-4-18-14(6-12)3-5-16-10-14/h11-13,15H,2-10H2,1H3. The molecule has 0 radical (unpaired) electrons. The molecule has 3 aliphatic heterocycles. The van der Waals surface area contributed by atoms with Gasteiger partial charge in [-0.25, -0.2) is 0 Å². The smallest absolute Gasteiger partial charge is 0.0961 e. The highest BCUT2D eigenvalue weighted by Gasteiger charge is 2.41. The van der Waals surface area contributed by atoms with Crippen LogP contribution in [0.2, 0.25) is 0 Å². The Balaban J connectivity index is 1.44. The van der Waals surface area contributed by atoms with Crippen LogP contribution in [0.1, 0.15) is 26.2 Å². The Morgan fingerprint density at radius 2 is 2.26 bits per heavy atom. The van der Waals surface area contributed by atoms with E-state index in [0.717, 1.165) is 52.2 Å². The molecule has 1 spiro atoms. The van der Waals surface area contributed by atoms with Gasteiger partial charge in [-0.15, -0.1) is 0 Å². The first-order valence-electron chi connectivity index (χ1n) is 7.45. The van der Waals surface area contributed by atoms with Gasteiger partial charge in [-0.2, -0.15) is 0 Å². The van der Waals surface area contributed by atoms with E-state index in [2.05, 4.69) is 12.2 Å². The summed E-state index contributed by atoms with van der Waals surface area (Å²) >= 11 is 0. The van der Waals surface area contributed by atoms with Crippen molar-refractivity contribution >= 4 is 0 Å². The molecule has 3 aliphatic rings. The highest BCUT2D eigenvalue weighted by molar-refractivity contribution is 4.91. The van der Waals surface area contributed by atoms with Gasteiger partial charge >= 0.3 is 0 Å². The van der Waals surface area contributed by atoms with Crippen molar-refractivity contribution in [2.24, 2.45) is 0 Å². The van der Waals surface area contributed by atoms with Gasteiger partial charge < -0.3 is 24.3 Å². The maximum absolute atomic E-state index is 6.06. The van der Waals surface area contributed by atoms with Crippen LogP contribution in [0.25, 0.3) is 0 Å². The SMILES string of the molecule is CC1CNCC(COC2CCOC3(CCOC3)C2)O1. The number of nitrogens with one attached hydrogen (secondary N) is 1. The largest absolute Gasteiger partial charge is 0.378 e. The average Bonchev–Trinajstić information content (AvgIpc) is 2.85. The van der Waals surface area contributed by atoms with Crippen LogP contribution in [0.3, 0.4) is 0 Å². The predicted octanol–water partition coefficient (Wildman–Crippen LogP) is 0.718. The third-order valence-electron chi connectivity index (χ3n) is 4.26. The van der Waals surface area contributed by atoms with E-state index < -0.39 is 0 Å². The molecule has 4 unspecified atom stereocenters. The molecule has 19 heavy (non-hydrogen) atoms. The molecule has 5 heteroatoms. The summed E-state index contributed by atoms with van der Waals surface area (Å²) in [6.45, 7) is 6.94. The van der Waals surface area contributed by atoms with Crippen molar-refractivity contribution in [1.82, 2.24) is 5.32 Å². The summed E-state index contributed by atoms with van der Waals surface area (Å²) in [5.41, 5.74) is -0.0676. The fraction of sp³-hybridized carbons (Fsp3) is 1.00. The highest BCUT2D eigenvalue weighted by Crippen LogP contribution is 2.34. The molecule has 0 aliphatic carbocycles. The van der Waals surface area contributed by atoms with Crippen molar-refractivity contribution < 1.29 is 18.9 Å². The second-order valence-electron chi connectivity index (χ2n) is 6.01. The van der Waals surface area contributed by atoms with E-state index in [9.17, 15) is 0 Å². The summed E-state index contributed by atoms with van der Waals surface area (Å²) < 4.78 is 23.3. The summed E-state index contributed by atoms with van der Waals surface area (Å²) in [4.78, 5) is 0. The van der Waals surface area contributed by atoms with E-state index >= 15 is 0 Å². The van der Waals surface area contributed by atoms with Crippen LogP contribution in [0, 0.1) is 0 Å². The van der Waals surface area contributed by atoms with Gasteiger partial charge in [0.2, 0.25) is 0 Å². The molecule has 4 atom stereocenters. The lowest BCUT2D eigenvalue weighted by atomic mass is 9.91. The molecule has 110 valence electrons. The van der Waals surface area contributed by atoms with Crippen molar-refractivity contribution in [3.63, 3.8) is 0 Å². The normalized spacial score (nSPS) is 43.7. The van der Waals surface area contributed by atoms with E-state index in [-0.39, 0.29) is 23.9 Å². The summed E-state index contributed by atoms with van der Waals surface area (Å²) in [5.74, 6) is 0. The van der Waals surface area contributed by atoms with Crippen LogP contribution >= 0.6 is 0 Å². The highest BCUT2D eigenvalue weighted by atomic mass is 16.6. The maximum Gasteiger partial charge on any atom is 0.0961 e. The summed E-state index contributed by atoms with van der Waals surface area (Å²) in [7, 11) is 0. The Bertz CT molecular complexity index is 293. The fourth-order valence-corrected chi connectivity index (χ4v) is 3.20. The van der Waals surface area contributed by atoms with Crippen LogP contribution < -0.4 is 5.32 Å². The van der Waals surface area contributed by atoms with Crippen LogP contribution in [0.15, 0.2) is 0 Å². The molecular weight excluding hydrogens is 246 g/mol.